The summed E-state index contributed by atoms with van der Waals surface area (Å²) < 4.78 is 35.5. The Labute approximate surface area is 152 Å². The molecule has 0 radical (unpaired) electrons. The van der Waals surface area contributed by atoms with Gasteiger partial charge in [-0.05, 0) is 48.0 Å². The van der Waals surface area contributed by atoms with E-state index in [9.17, 15) is 13.6 Å². The van der Waals surface area contributed by atoms with E-state index >= 15 is 0 Å². The third kappa shape index (κ3) is 4.28. The number of aromatic nitrogens is 2. The minimum atomic E-state index is -0.511. The topological polar surface area (TPSA) is 64.1 Å². The Hall–Kier alpha value is -3.13. The Morgan fingerprint density at radius 1 is 1.19 bits per heavy atom. The van der Waals surface area contributed by atoms with Crippen molar-refractivity contribution in [1.82, 2.24) is 9.36 Å². The molecule has 1 amide bonds. The number of carbonyl (C=O) groups excluding carboxylic acids is 1. The quantitative estimate of drug-likeness (QED) is 0.683. The summed E-state index contributed by atoms with van der Waals surface area (Å²) in [6, 6.07) is 10.1. The molecule has 0 spiro atoms. The predicted molar refractivity (Wildman–Crippen MR) is 95.9 cm³/mol. The van der Waals surface area contributed by atoms with Crippen molar-refractivity contribution in [2.24, 2.45) is 0 Å². The summed E-state index contributed by atoms with van der Waals surface area (Å²) >= 11 is 1.01. The van der Waals surface area contributed by atoms with Crippen LogP contribution in [0.2, 0.25) is 0 Å². The lowest BCUT2D eigenvalue weighted by Gasteiger charge is -2.01. The molecule has 5 nitrogen and oxygen atoms in total. The third-order valence-corrected chi connectivity index (χ3v) is 3.99. The first-order valence-corrected chi connectivity index (χ1v) is 8.25. The van der Waals surface area contributed by atoms with Gasteiger partial charge < -0.3 is 4.74 Å². The van der Waals surface area contributed by atoms with E-state index in [0.29, 0.717) is 22.1 Å². The van der Waals surface area contributed by atoms with E-state index in [1.807, 2.05) is 0 Å². The van der Waals surface area contributed by atoms with Gasteiger partial charge in [-0.1, -0.05) is 6.07 Å². The maximum absolute atomic E-state index is 13.6. The molecule has 1 N–H and O–H groups in total. The van der Waals surface area contributed by atoms with Crippen LogP contribution in [0.15, 0.2) is 48.5 Å². The van der Waals surface area contributed by atoms with Crippen LogP contribution in [-0.4, -0.2) is 22.4 Å². The molecule has 26 heavy (non-hydrogen) atoms. The summed E-state index contributed by atoms with van der Waals surface area (Å²) in [5.41, 5.74) is 1.16. The Morgan fingerprint density at radius 3 is 2.65 bits per heavy atom. The fraction of sp³-hybridized carbons (Fsp3) is 0.0556. The highest BCUT2D eigenvalue weighted by Crippen LogP contribution is 2.21. The average molecular weight is 373 g/mol. The molecule has 1 heterocycles. The van der Waals surface area contributed by atoms with Crippen LogP contribution in [0.1, 0.15) is 5.56 Å². The average Bonchev–Trinajstić information content (AvgIpc) is 3.09. The second-order valence-corrected chi connectivity index (χ2v) is 5.90. The molecule has 2 aromatic carbocycles. The lowest BCUT2D eigenvalue weighted by atomic mass is 10.2. The highest BCUT2D eigenvalue weighted by molar-refractivity contribution is 7.10. The van der Waals surface area contributed by atoms with Crippen molar-refractivity contribution in [2.45, 2.75) is 0 Å². The number of halogens is 2. The van der Waals surface area contributed by atoms with Gasteiger partial charge in [0, 0.05) is 23.2 Å². The molecule has 0 aliphatic heterocycles. The number of ether oxygens (including phenoxy) is 1. The number of hydrogen-bond donors (Lipinski definition) is 1. The van der Waals surface area contributed by atoms with Gasteiger partial charge in [0.1, 0.15) is 5.82 Å². The van der Waals surface area contributed by atoms with E-state index in [0.717, 1.165) is 11.5 Å². The van der Waals surface area contributed by atoms with Crippen LogP contribution in [0.3, 0.4) is 0 Å². The Bertz CT molecular complexity index is 955. The summed E-state index contributed by atoms with van der Waals surface area (Å²) in [5.74, 6) is -0.760. The molecule has 8 heteroatoms. The second-order valence-electron chi connectivity index (χ2n) is 5.15. The van der Waals surface area contributed by atoms with Crippen LogP contribution in [0, 0.1) is 11.6 Å². The molecule has 0 atom stereocenters. The van der Waals surface area contributed by atoms with E-state index in [1.54, 1.807) is 18.2 Å². The highest BCUT2D eigenvalue weighted by Gasteiger charge is 2.08. The molecular weight excluding hydrogens is 360 g/mol. The highest BCUT2D eigenvalue weighted by atomic mass is 32.1. The van der Waals surface area contributed by atoms with Crippen molar-refractivity contribution in [3.8, 4) is 17.1 Å². The lowest BCUT2D eigenvalue weighted by Crippen LogP contribution is -2.07. The molecule has 0 saturated carbocycles. The van der Waals surface area contributed by atoms with Crippen LogP contribution in [-0.2, 0) is 4.79 Å². The zero-order chi connectivity index (χ0) is 18.5. The summed E-state index contributed by atoms with van der Waals surface area (Å²) in [6.07, 6.45) is 2.74. The molecule has 0 bridgehead atoms. The number of anilines is 1. The van der Waals surface area contributed by atoms with Crippen molar-refractivity contribution in [1.29, 1.82) is 0 Å². The smallest absolute Gasteiger partial charge is 0.250 e. The lowest BCUT2D eigenvalue weighted by molar-refractivity contribution is -0.111. The third-order valence-electron chi connectivity index (χ3n) is 3.36. The zero-order valence-corrected chi connectivity index (χ0v) is 14.4. The molecule has 0 aliphatic rings. The molecule has 0 saturated heterocycles. The standard InChI is InChI=1S/C18H13F2N3O2S/c1-25-15-8-2-11(10-14(15)20)3-9-16(24)21-18-22-17(23-26-18)12-4-6-13(19)7-5-12/h2-10H,1H3,(H,21,22,23,24)/b9-3+. The SMILES string of the molecule is COc1ccc(/C=C/C(=O)Nc2nc(-c3ccc(F)cc3)ns2)cc1F. The summed E-state index contributed by atoms with van der Waals surface area (Å²) in [4.78, 5) is 16.1. The van der Waals surface area contributed by atoms with Gasteiger partial charge >= 0.3 is 0 Å². The van der Waals surface area contributed by atoms with Crippen molar-refractivity contribution >= 4 is 28.6 Å². The van der Waals surface area contributed by atoms with Gasteiger partial charge in [-0.15, -0.1) is 0 Å². The van der Waals surface area contributed by atoms with E-state index in [-0.39, 0.29) is 11.6 Å². The van der Waals surface area contributed by atoms with Gasteiger partial charge in [0.25, 0.3) is 0 Å². The Morgan fingerprint density at radius 2 is 1.96 bits per heavy atom. The molecular formula is C18H13F2N3O2S. The van der Waals surface area contributed by atoms with Gasteiger partial charge in [0.05, 0.1) is 7.11 Å². The number of methoxy groups -OCH3 is 1. The molecule has 3 rings (SSSR count). The van der Waals surface area contributed by atoms with Gasteiger partial charge in [-0.25, -0.2) is 8.78 Å². The molecule has 3 aromatic rings. The van der Waals surface area contributed by atoms with Crippen molar-refractivity contribution < 1.29 is 18.3 Å². The first-order valence-electron chi connectivity index (χ1n) is 7.47. The maximum atomic E-state index is 13.6. The second kappa shape index (κ2) is 7.83. The fourth-order valence-electron chi connectivity index (χ4n) is 2.10. The maximum Gasteiger partial charge on any atom is 0.250 e. The van der Waals surface area contributed by atoms with E-state index in [1.165, 1.54) is 43.5 Å². The Balaban J connectivity index is 1.65. The molecule has 0 unspecified atom stereocenters. The molecule has 0 fully saturated rings. The molecule has 0 aliphatic carbocycles. The van der Waals surface area contributed by atoms with Crippen LogP contribution in [0.5, 0.6) is 5.75 Å². The minimum Gasteiger partial charge on any atom is -0.494 e. The molecule has 1 aromatic heterocycles. The normalized spacial score (nSPS) is 10.9. The number of rotatable bonds is 5. The van der Waals surface area contributed by atoms with E-state index in [2.05, 4.69) is 14.7 Å². The molecule has 132 valence electrons. The number of amides is 1. The van der Waals surface area contributed by atoms with Crippen LogP contribution in [0.4, 0.5) is 13.9 Å². The zero-order valence-electron chi connectivity index (χ0n) is 13.6. The first-order chi connectivity index (χ1) is 12.5. The van der Waals surface area contributed by atoms with E-state index < -0.39 is 11.7 Å². The number of carbonyl (C=O) groups is 1. The number of benzene rings is 2. The van der Waals surface area contributed by atoms with Crippen molar-refractivity contribution in [3.05, 3.63) is 65.7 Å². The number of hydrogen-bond acceptors (Lipinski definition) is 5. The van der Waals surface area contributed by atoms with Gasteiger partial charge in [0.15, 0.2) is 17.4 Å². The number of nitrogens with one attached hydrogen (secondary N) is 1. The monoisotopic (exact) mass is 373 g/mol. The minimum absolute atomic E-state index is 0.133. The van der Waals surface area contributed by atoms with Gasteiger partial charge in [-0.3, -0.25) is 10.1 Å². The predicted octanol–water partition coefficient (Wildman–Crippen LogP) is 4.14. The Kier molecular flexibility index (Phi) is 5.33. The summed E-state index contributed by atoms with van der Waals surface area (Å²) in [7, 11) is 1.38. The van der Waals surface area contributed by atoms with Crippen LogP contribution in [0.25, 0.3) is 17.5 Å². The first kappa shape index (κ1) is 17.7. The van der Waals surface area contributed by atoms with Crippen LogP contribution >= 0.6 is 11.5 Å². The van der Waals surface area contributed by atoms with Gasteiger partial charge in [-0.2, -0.15) is 9.36 Å². The summed E-state index contributed by atoms with van der Waals surface area (Å²) in [6.45, 7) is 0. The van der Waals surface area contributed by atoms with Crippen molar-refractivity contribution in [2.75, 3.05) is 12.4 Å². The van der Waals surface area contributed by atoms with E-state index in [4.69, 9.17) is 4.74 Å². The van der Waals surface area contributed by atoms with Crippen molar-refractivity contribution in [3.63, 3.8) is 0 Å². The van der Waals surface area contributed by atoms with Gasteiger partial charge in [0.2, 0.25) is 11.0 Å². The largest absolute Gasteiger partial charge is 0.494 e. The number of nitrogens with zero attached hydrogens (tertiary/aromatic N) is 2. The fourth-order valence-corrected chi connectivity index (χ4v) is 2.69. The summed E-state index contributed by atoms with van der Waals surface area (Å²) in [5, 5.41) is 2.88. The van der Waals surface area contributed by atoms with Crippen LogP contribution < -0.4 is 10.1 Å².